The van der Waals surface area contributed by atoms with Crippen LogP contribution in [0.4, 0.5) is 11.5 Å². The average molecular weight is 452 g/mol. The molecule has 138 valence electrons. The Bertz CT molecular complexity index is 991. The first kappa shape index (κ1) is 18.9. The van der Waals surface area contributed by atoms with Gasteiger partial charge in [-0.2, -0.15) is 4.68 Å². The Hall–Kier alpha value is -2.91. The third-order valence-electron chi connectivity index (χ3n) is 3.38. The molecule has 0 aliphatic rings. The number of nitrogens with one attached hydrogen (secondary N) is 1. The number of amides is 1. The van der Waals surface area contributed by atoms with Gasteiger partial charge in [0, 0.05) is 5.69 Å². The van der Waals surface area contributed by atoms with E-state index in [2.05, 4.69) is 26.3 Å². The lowest BCUT2D eigenvalue weighted by molar-refractivity contribution is -0.390. The summed E-state index contributed by atoms with van der Waals surface area (Å²) in [5.74, 6) is 0.373. The zero-order chi connectivity index (χ0) is 19.4. The van der Waals surface area contributed by atoms with Gasteiger partial charge in [-0.25, -0.2) is 0 Å². The number of ether oxygens (including phenoxy) is 1. The number of aromatic nitrogens is 2. The van der Waals surface area contributed by atoms with E-state index in [0.717, 1.165) is 0 Å². The van der Waals surface area contributed by atoms with Crippen LogP contribution in [-0.4, -0.2) is 20.6 Å². The van der Waals surface area contributed by atoms with Crippen molar-refractivity contribution in [3.63, 3.8) is 0 Å². The minimum Gasteiger partial charge on any atom is -0.456 e. The molecule has 1 amide bonds. The standard InChI is InChI=1S/C17H12BrClN4O4/c18-13-9-22(21-17(13)23(25)26)10-16(24)20-11-5-7-12(8-6-11)27-15-4-2-1-3-14(15)19/h1-9H,10H2,(H,20,24). The Morgan fingerprint density at radius 3 is 2.59 bits per heavy atom. The molecule has 1 heterocycles. The number of benzene rings is 2. The maximum atomic E-state index is 12.1. The highest BCUT2D eigenvalue weighted by atomic mass is 79.9. The molecule has 2 aromatic carbocycles. The molecule has 0 aliphatic heterocycles. The second-order valence-corrected chi connectivity index (χ2v) is 6.62. The number of nitrogens with zero attached hydrogens (tertiary/aromatic N) is 3. The lowest BCUT2D eigenvalue weighted by atomic mass is 10.3. The van der Waals surface area contributed by atoms with Crippen LogP contribution in [-0.2, 0) is 11.3 Å². The van der Waals surface area contributed by atoms with Gasteiger partial charge in [-0.3, -0.25) is 4.79 Å². The van der Waals surface area contributed by atoms with Crippen LogP contribution in [0.1, 0.15) is 0 Å². The molecule has 27 heavy (non-hydrogen) atoms. The monoisotopic (exact) mass is 450 g/mol. The average Bonchev–Trinajstić information content (AvgIpc) is 2.99. The molecule has 10 heteroatoms. The molecule has 0 atom stereocenters. The van der Waals surface area contributed by atoms with E-state index in [0.29, 0.717) is 22.2 Å². The number of carbonyl (C=O) groups excluding carboxylic acids is 1. The summed E-state index contributed by atoms with van der Waals surface area (Å²) in [7, 11) is 0. The molecule has 0 radical (unpaired) electrons. The molecule has 0 aliphatic carbocycles. The lowest BCUT2D eigenvalue weighted by Gasteiger charge is -2.09. The molecule has 0 saturated carbocycles. The van der Waals surface area contributed by atoms with Gasteiger partial charge in [0.25, 0.3) is 0 Å². The maximum Gasteiger partial charge on any atom is 0.404 e. The molecule has 0 spiro atoms. The van der Waals surface area contributed by atoms with Crippen LogP contribution in [0.25, 0.3) is 0 Å². The molecule has 0 saturated heterocycles. The minimum absolute atomic E-state index is 0.162. The molecule has 0 bridgehead atoms. The van der Waals surface area contributed by atoms with Gasteiger partial charge in [0.1, 0.15) is 22.5 Å². The number of para-hydroxylation sites is 1. The van der Waals surface area contributed by atoms with Crippen molar-refractivity contribution < 1.29 is 14.5 Å². The first-order chi connectivity index (χ1) is 12.9. The fourth-order valence-corrected chi connectivity index (χ4v) is 2.83. The van der Waals surface area contributed by atoms with Gasteiger partial charge < -0.3 is 20.2 Å². The van der Waals surface area contributed by atoms with E-state index in [1.807, 2.05) is 6.07 Å². The highest BCUT2D eigenvalue weighted by Crippen LogP contribution is 2.29. The Morgan fingerprint density at radius 2 is 1.96 bits per heavy atom. The summed E-state index contributed by atoms with van der Waals surface area (Å²) in [5, 5.41) is 17.7. The summed E-state index contributed by atoms with van der Waals surface area (Å²) in [4.78, 5) is 22.2. The van der Waals surface area contributed by atoms with Crippen molar-refractivity contribution in [2.45, 2.75) is 6.54 Å². The smallest absolute Gasteiger partial charge is 0.404 e. The van der Waals surface area contributed by atoms with Crippen LogP contribution in [0.5, 0.6) is 11.5 Å². The molecule has 8 nitrogen and oxygen atoms in total. The molecule has 0 fully saturated rings. The number of nitro groups is 1. The fraction of sp³-hybridized carbons (Fsp3) is 0.0588. The topological polar surface area (TPSA) is 99.3 Å². The summed E-state index contributed by atoms with van der Waals surface area (Å²) in [6.45, 7) is -0.162. The largest absolute Gasteiger partial charge is 0.456 e. The van der Waals surface area contributed by atoms with Crippen LogP contribution >= 0.6 is 27.5 Å². The lowest BCUT2D eigenvalue weighted by Crippen LogP contribution is -2.19. The van der Waals surface area contributed by atoms with E-state index < -0.39 is 4.92 Å². The van der Waals surface area contributed by atoms with Gasteiger partial charge in [0.2, 0.25) is 5.91 Å². The van der Waals surface area contributed by atoms with Crippen molar-refractivity contribution in [3.05, 3.63) is 74.3 Å². The highest BCUT2D eigenvalue weighted by Gasteiger charge is 2.19. The van der Waals surface area contributed by atoms with E-state index in [-0.39, 0.29) is 22.7 Å². The van der Waals surface area contributed by atoms with Crippen LogP contribution in [0.2, 0.25) is 5.02 Å². The van der Waals surface area contributed by atoms with Crippen molar-refractivity contribution in [2.75, 3.05) is 5.32 Å². The highest BCUT2D eigenvalue weighted by molar-refractivity contribution is 9.10. The molecule has 3 rings (SSSR count). The zero-order valence-electron chi connectivity index (χ0n) is 13.6. The number of anilines is 1. The number of halogens is 2. The van der Waals surface area contributed by atoms with Gasteiger partial charge in [0.05, 0.1) is 16.3 Å². The molecular formula is C17H12BrClN4O4. The van der Waals surface area contributed by atoms with Crippen molar-refractivity contribution >= 4 is 44.9 Å². The number of rotatable bonds is 6. The Morgan fingerprint density at radius 1 is 1.26 bits per heavy atom. The normalized spacial score (nSPS) is 10.4. The Labute approximate surface area is 167 Å². The van der Waals surface area contributed by atoms with Crippen molar-refractivity contribution in [3.8, 4) is 11.5 Å². The molecule has 1 N–H and O–H groups in total. The van der Waals surface area contributed by atoms with Gasteiger partial charge in [-0.15, -0.1) is 0 Å². The second-order valence-electron chi connectivity index (χ2n) is 5.36. The zero-order valence-corrected chi connectivity index (χ0v) is 16.0. The van der Waals surface area contributed by atoms with Gasteiger partial charge in [0.15, 0.2) is 0 Å². The first-order valence-electron chi connectivity index (χ1n) is 7.62. The van der Waals surface area contributed by atoms with Crippen molar-refractivity contribution in [1.82, 2.24) is 9.78 Å². The molecular weight excluding hydrogens is 440 g/mol. The summed E-state index contributed by atoms with van der Waals surface area (Å²) in [6.07, 6.45) is 1.37. The van der Waals surface area contributed by atoms with E-state index in [4.69, 9.17) is 16.3 Å². The number of hydrogen-bond acceptors (Lipinski definition) is 5. The van der Waals surface area contributed by atoms with Crippen LogP contribution < -0.4 is 10.1 Å². The summed E-state index contributed by atoms with van der Waals surface area (Å²) in [5.41, 5.74) is 0.548. The van der Waals surface area contributed by atoms with Gasteiger partial charge in [-0.1, -0.05) is 23.7 Å². The predicted octanol–water partition coefficient (Wildman–Crippen LogP) is 4.64. The predicted molar refractivity (Wildman–Crippen MR) is 103 cm³/mol. The maximum absolute atomic E-state index is 12.1. The molecule has 1 aromatic heterocycles. The first-order valence-corrected chi connectivity index (χ1v) is 8.79. The van der Waals surface area contributed by atoms with E-state index >= 15 is 0 Å². The minimum atomic E-state index is -0.629. The summed E-state index contributed by atoms with van der Waals surface area (Å²) >= 11 is 9.08. The quantitative estimate of drug-likeness (QED) is 0.435. The third kappa shape index (κ3) is 4.83. The van der Waals surface area contributed by atoms with Crippen LogP contribution in [0.15, 0.2) is 59.2 Å². The SMILES string of the molecule is O=C(Cn1cc(Br)c([N+](=O)[O-])n1)Nc1ccc(Oc2ccccc2Cl)cc1. The summed E-state index contributed by atoms with van der Waals surface area (Å²) < 4.78 is 7.07. The van der Waals surface area contributed by atoms with Gasteiger partial charge in [-0.05, 0) is 57.3 Å². The van der Waals surface area contributed by atoms with Crippen molar-refractivity contribution in [1.29, 1.82) is 0 Å². The number of carbonyl (C=O) groups is 1. The van der Waals surface area contributed by atoms with E-state index in [1.54, 1.807) is 42.5 Å². The molecule has 0 unspecified atom stereocenters. The third-order valence-corrected chi connectivity index (χ3v) is 4.25. The van der Waals surface area contributed by atoms with Gasteiger partial charge >= 0.3 is 5.82 Å². The molecule has 3 aromatic rings. The van der Waals surface area contributed by atoms with Crippen molar-refractivity contribution in [2.24, 2.45) is 0 Å². The van der Waals surface area contributed by atoms with Crippen LogP contribution in [0.3, 0.4) is 0 Å². The van der Waals surface area contributed by atoms with E-state index in [1.165, 1.54) is 10.9 Å². The van der Waals surface area contributed by atoms with E-state index in [9.17, 15) is 14.9 Å². The summed E-state index contributed by atoms with van der Waals surface area (Å²) in [6, 6.07) is 13.8. The fourth-order valence-electron chi connectivity index (χ4n) is 2.20. The Kier molecular flexibility index (Phi) is 5.72. The number of hydrogen-bond donors (Lipinski definition) is 1. The second kappa shape index (κ2) is 8.19. The van der Waals surface area contributed by atoms with Crippen LogP contribution in [0, 0.1) is 10.1 Å². The Balaban J connectivity index is 1.61.